The Bertz CT molecular complexity index is 1050. The van der Waals surface area contributed by atoms with Crippen LogP contribution in [0.3, 0.4) is 0 Å². The van der Waals surface area contributed by atoms with Gasteiger partial charge in [0.25, 0.3) is 11.6 Å². The number of hydrogen-bond acceptors (Lipinski definition) is 4. The van der Waals surface area contributed by atoms with E-state index >= 15 is 0 Å². The summed E-state index contributed by atoms with van der Waals surface area (Å²) in [5.41, 5.74) is 3.69. The van der Waals surface area contributed by atoms with Crippen LogP contribution in [-0.4, -0.2) is 24.0 Å². The lowest BCUT2D eigenvalue weighted by molar-refractivity contribution is -0.384. The molecule has 1 amide bonds. The standard InChI is InChI=1S/C23H20N2O4/c26-23(24-13-12-18-10-11-20(25(27)28)15-21(18)24)16-29-22-9-5-4-8-19(22)14-17-6-2-1-3-7-17/h1-11,15H,12-14,16H2. The molecule has 1 aliphatic heterocycles. The third-order valence-electron chi connectivity index (χ3n) is 5.04. The molecule has 0 unspecified atom stereocenters. The van der Waals surface area contributed by atoms with Crippen molar-refractivity contribution >= 4 is 17.3 Å². The molecule has 1 aliphatic rings. The van der Waals surface area contributed by atoms with Crippen molar-refractivity contribution in [1.29, 1.82) is 0 Å². The van der Waals surface area contributed by atoms with Gasteiger partial charge in [0.05, 0.1) is 10.6 Å². The maximum atomic E-state index is 12.8. The number of ether oxygens (including phenoxy) is 1. The number of anilines is 1. The van der Waals surface area contributed by atoms with Crippen molar-refractivity contribution in [3.05, 3.63) is 99.6 Å². The highest BCUT2D eigenvalue weighted by atomic mass is 16.6. The molecule has 29 heavy (non-hydrogen) atoms. The number of non-ortho nitro benzene ring substituents is 1. The van der Waals surface area contributed by atoms with E-state index in [0.29, 0.717) is 30.8 Å². The summed E-state index contributed by atoms with van der Waals surface area (Å²) in [5, 5.41) is 11.1. The molecule has 0 aromatic heterocycles. The third kappa shape index (κ3) is 4.11. The third-order valence-corrected chi connectivity index (χ3v) is 5.04. The van der Waals surface area contributed by atoms with Crippen LogP contribution in [0.1, 0.15) is 16.7 Å². The van der Waals surface area contributed by atoms with Crippen molar-refractivity contribution < 1.29 is 14.5 Å². The number of amides is 1. The van der Waals surface area contributed by atoms with Crippen LogP contribution in [0.5, 0.6) is 5.75 Å². The fourth-order valence-electron chi connectivity index (χ4n) is 3.56. The van der Waals surface area contributed by atoms with Gasteiger partial charge in [-0.3, -0.25) is 14.9 Å². The van der Waals surface area contributed by atoms with Gasteiger partial charge >= 0.3 is 0 Å². The fraction of sp³-hybridized carbons (Fsp3) is 0.174. The fourth-order valence-corrected chi connectivity index (χ4v) is 3.56. The van der Waals surface area contributed by atoms with Gasteiger partial charge < -0.3 is 9.64 Å². The number of carbonyl (C=O) groups is 1. The number of carbonyl (C=O) groups excluding carboxylic acids is 1. The Kier molecular flexibility index (Phi) is 5.24. The predicted octanol–water partition coefficient (Wildman–Crippen LogP) is 4.15. The van der Waals surface area contributed by atoms with E-state index in [1.165, 1.54) is 12.1 Å². The van der Waals surface area contributed by atoms with Crippen LogP contribution in [0.2, 0.25) is 0 Å². The van der Waals surface area contributed by atoms with Crippen molar-refractivity contribution in [1.82, 2.24) is 0 Å². The van der Waals surface area contributed by atoms with Crippen LogP contribution in [-0.2, 0) is 17.6 Å². The van der Waals surface area contributed by atoms with Crippen molar-refractivity contribution in [3.63, 3.8) is 0 Å². The molecule has 146 valence electrons. The van der Waals surface area contributed by atoms with Crippen LogP contribution in [0.25, 0.3) is 0 Å². The molecule has 0 radical (unpaired) electrons. The van der Waals surface area contributed by atoms with E-state index in [1.807, 2.05) is 42.5 Å². The largest absolute Gasteiger partial charge is 0.483 e. The number of benzene rings is 3. The smallest absolute Gasteiger partial charge is 0.271 e. The first-order valence-electron chi connectivity index (χ1n) is 9.44. The van der Waals surface area contributed by atoms with E-state index < -0.39 is 4.92 Å². The van der Waals surface area contributed by atoms with Crippen LogP contribution in [0.15, 0.2) is 72.8 Å². The van der Waals surface area contributed by atoms with Gasteiger partial charge in [0.2, 0.25) is 0 Å². The molecule has 1 heterocycles. The monoisotopic (exact) mass is 388 g/mol. The Balaban J connectivity index is 1.47. The Morgan fingerprint density at radius 2 is 1.79 bits per heavy atom. The maximum absolute atomic E-state index is 12.8. The van der Waals surface area contributed by atoms with Crippen molar-refractivity contribution in [2.24, 2.45) is 0 Å². The lowest BCUT2D eigenvalue weighted by atomic mass is 10.0. The van der Waals surface area contributed by atoms with Gasteiger partial charge in [0, 0.05) is 25.1 Å². The van der Waals surface area contributed by atoms with E-state index in [9.17, 15) is 14.9 Å². The topological polar surface area (TPSA) is 72.7 Å². The summed E-state index contributed by atoms with van der Waals surface area (Å²) >= 11 is 0. The Morgan fingerprint density at radius 3 is 2.59 bits per heavy atom. The van der Waals surface area contributed by atoms with E-state index in [-0.39, 0.29) is 18.2 Å². The van der Waals surface area contributed by atoms with Crippen molar-refractivity contribution in [2.75, 3.05) is 18.1 Å². The molecule has 0 atom stereocenters. The lowest BCUT2D eigenvalue weighted by Gasteiger charge is -2.18. The molecule has 0 saturated carbocycles. The molecule has 0 spiro atoms. The highest BCUT2D eigenvalue weighted by molar-refractivity contribution is 5.96. The summed E-state index contributed by atoms with van der Waals surface area (Å²) in [6.07, 6.45) is 1.40. The second-order valence-corrected chi connectivity index (χ2v) is 6.92. The Hall–Kier alpha value is -3.67. The van der Waals surface area contributed by atoms with E-state index in [0.717, 1.165) is 16.7 Å². The molecule has 0 N–H and O–H groups in total. The van der Waals surface area contributed by atoms with Crippen LogP contribution in [0, 0.1) is 10.1 Å². The zero-order valence-electron chi connectivity index (χ0n) is 15.8. The number of fused-ring (bicyclic) bond motifs is 1. The highest BCUT2D eigenvalue weighted by Gasteiger charge is 2.27. The summed E-state index contributed by atoms with van der Waals surface area (Å²) in [6.45, 7) is 0.387. The zero-order chi connectivity index (χ0) is 20.2. The molecule has 3 aromatic rings. The first kappa shape index (κ1) is 18.7. The van der Waals surface area contributed by atoms with Gasteiger partial charge in [-0.2, -0.15) is 0 Å². The Labute approximate surface area is 168 Å². The number of rotatable bonds is 6. The SMILES string of the molecule is O=C(COc1ccccc1Cc1ccccc1)N1CCc2ccc([N+](=O)[O-])cc21. The summed E-state index contributed by atoms with van der Waals surface area (Å²) < 4.78 is 5.85. The number of hydrogen-bond donors (Lipinski definition) is 0. The van der Waals surface area contributed by atoms with Gasteiger partial charge in [-0.1, -0.05) is 54.6 Å². The first-order valence-corrected chi connectivity index (χ1v) is 9.44. The summed E-state index contributed by atoms with van der Waals surface area (Å²) in [5.74, 6) is 0.460. The second kappa shape index (κ2) is 8.14. The Morgan fingerprint density at radius 1 is 1.03 bits per heavy atom. The average molecular weight is 388 g/mol. The number of nitro groups is 1. The molecule has 0 aliphatic carbocycles. The average Bonchev–Trinajstić information content (AvgIpc) is 3.17. The number of nitro benzene ring substituents is 1. The molecule has 6 nitrogen and oxygen atoms in total. The van der Waals surface area contributed by atoms with E-state index in [1.54, 1.807) is 11.0 Å². The minimum atomic E-state index is -0.447. The van der Waals surface area contributed by atoms with Gasteiger partial charge in [0.1, 0.15) is 5.75 Å². The molecule has 6 heteroatoms. The molecular formula is C23H20N2O4. The van der Waals surface area contributed by atoms with Crippen molar-refractivity contribution in [2.45, 2.75) is 12.8 Å². The molecular weight excluding hydrogens is 368 g/mol. The molecule has 4 rings (SSSR count). The number of para-hydroxylation sites is 1. The summed E-state index contributed by atoms with van der Waals surface area (Å²) in [4.78, 5) is 24.9. The van der Waals surface area contributed by atoms with E-state index in [2.05, 4.69) is 12.1 Å². The van der Waals surface area contributed by atoms with Crippen LogP contribution < -0.4 is 9.64 Å². The van der Waals surface area contributed by atoms with Crippen LogP contribution >= 0.6 is 0 Å². The lowest BCUT2D eigenvalue weighted by Crippen LogP contribution is -2.33. The minimum Gasteiger partial charge on any atom is -0.483 e. The summed E-state index contributed by atoms with van der Waals surface area (Å²) in [7, 11) is 0. The second-order valence-electron chi connectivity index (χ2n) is 6.92. The first-order chi connectivity index (χ1) is 14.1. The normalized spacial score (nSPS) is 12.5. The molecule has 0 bridgehead atoms. The maximum Gasteiger partial charge on any atom is 0.271 e. The molecule has 0 fully saturated rings. The minimum absolute atomic E-state index is 0.0161. The zero-order valence-corrected chi connectivity index (χ0v) is 15.8. The van der Waals surface area contributed by atoms with Gasteiger partial charge in [-0.25, -0.2) is 0 Å². The van der Waals surface area contributed by atoms with Gasteiger partial charge in [-0.15, -0.1) is 0 Å². The molecule has 3 aromatic carbocycles. The van der Waals surface area contributed by atoms with Gasteiger partial charge in [0.15, 0.2) is 6.61 Å². The van der Waals surface area contributed by atoms with Crippen LogP contribution in [0.4, 0.5) is 11.4 Å². The van der Waals surface area contributed by atoms with E-state index in [4.69, 9.17) is 4.74 Å². The van der Waals surface area contributed by atoms with Crippen molar-refractivity contribution in [3.8, 4) is 5.75 Å². The highest BCUT2D eigenvalue weighted by Crippen LogP contribution is 2.32. The van der Waals surface area contributed by atoms with Gasteiger partial charge in [-0.05, 0) is 29.2 Å². The predicted molar refractivity (Wildman–Crippen MR) is 110 cm³/mol. The number of nitrogens with zero attached hydrogens (tertiary/aromatic N) is 2. The molecule has 0 saturated heterocycles. The summed E-state index contributed by atoms with van der Waals surface area (Å²) in [6, 6.07) is 22.4. The quantitative estimate of drug-likeness (QED) is 0.470.